The van der Waals surface area contributed by atoms with Crippen LogP contribution in [0.1, 0.15) is 25.0 Å². The molecule has 0 amide bonds. The third-order valence-electron chi connectivity index (χ3n) is 18.0. The zero-order valence-corrected chi connectivity index (χ0v) is 48.5. The fourth-order valence-corrected chi connectivity index (χ4v) is 13.7. The molecule has 412 valence electrons. The van der Waals surface area contributed by atoms with E-state index in [0.717, 1.165) is 68.2 Å². The first-order chi connectivity index (χ1) is 42.9. The summed E-state index contributed by atoms with van der Waals surface area (Å²) >= 11 is 0. The summed E-state index contributed by atoms with van der Waals surface area (Å²) in [6, 6.07) is 120. The Balaban J connectivity index is 0.760. The Morgan fingerprint density at radius 1 is 0.184 bits per heavy atom. The largest absolute Gasteiger partial charge is 0.310 e. The highest BCUT2D eigenvalue weighted by atomic mass is 15.2. The van der Waals surface area contributed by atoms with Crippen LogP contribution < -0.4 is 19.6 Å². The molecule has 4 heteroatoms. The lowest BCUT2D eigenvalue weighted by molar-refractivity contribution is 0.641. The van der Waals surface area contributed by atoms with Crippen molar-refractivity contribution in [3.8, 4) is 0 Å². The van der Waals surface area contributed by atoms with Gasteiger partial charge in [-0.15, -0.1) is 0 Å². The predicted octanol–water partition coefficient (Wildman–Crippen LogP) is 23.7. The van der Waals surface area contributed by atoms with E-state index in [1.54, 1.807) is 0 Å². The molecule has 0 N–H and O–H groups in total. The highest BCUT2D eigenvalue weighted by Crippen LogP contribution is 2.51. The first kappa shape index (κ1) is 51.4. The van der Waals surface area contributed by atoms with Gasteiger partial charge in [0, 0.05) is 72.5 Å². The van der Waals surface area contributed by atoms with Gasteiger partial charge in [-0.1, -0.05) is 220 Å². The lowest BCUT2D eigenvalue weighted by Crippen LogP contribution is -2.19. The summed E-state index contributed by atoms with van der Waals surface area (Å²) in [6.45, 7) is 4.69. The fourth-order valence-electron chi connectivity index (χ4n) is 13.7. The molecule has 16 rings (SSSR count). The van der Waals surface area contributed by atoms with Crippen molar-refractivity contribution in [2.45, 2.75) is 19.3 Å². The molecule has 0 spiro atoms. The minimum absolute atomic E-state index is 0.317. The molecule has 0 atom stereocenters. The van der Waals surface area contributed by atoms with Gasteiger partial charge in [-0.25, -0.2) is 0 Å². The molecule has 16 aromatic rings. The van der Waals surface area contributed by atoms with Gasteiger partial charge in [0.1, 0.15) is 0 Å². The van der Waals surface area contributed by atoms with Gasteiger partial charge in [0.25, 0.3) is 0 Å². The molecule has 0 bridgehead atoms. The van der Waals surface area contributed by atoms with Crippen LogP contribution in [-0.2, 0) is 5.41 Å². The predicted molar refractivity (Wildman–Crippen MR) is 371 cm³/mol. The van der Waals surface area contributed by atoms with E-state index in [-0.39, 0.29) is 5.41 Å². The molecule has 16 aromatic carbocycles. The maximum atomic E-state index is 2.43. The first-order valence-corrected chi connectivity index (χ1v) is 30.1. The van der Waals surface area contributed by atoms with Crippen molar-refractivity contribution in [3.63, 3.8) is 0 Å². The van der Waals surface area contributed by atoms with Crippen molar-refractivity contribution >= 4 is 133 Å². The molecule has 0 fully saturated rings. The molecular weight excluding hydrogens is 1050 g/mol. The van der Waals surface area contributed by atoms with Gasteiger partial charge in [0.15, 0.2) is 0 Å². The van der Waals surface area contributed by atoms with Gasteiger partial charge in [-0.2, -0.15) is 0 Å². The third-order valence-corrected chi connectivity index (χ3v) is 18.0. The number of hydrogen-bond donors (Lipinski definition) is 0. The Morgan fingerprint density at radius 2 is 0.368 bits per heavy atom. The molecule has 87 heavy (non-hydrogen) atoms. The van der Waals surface area contributed by atoms with E-state index in [0.29, 0.717) is 0 Å². The van der Waals surface area contributed by atoms with Gasteiger partial charge in [0.2, 0.25) is 0 Å². The topological polar surface area (TPSA) is 13.0 Å². The maximum absolute atomic E-state index is 2.43. The summed E-state index contributed by atoms with van der Waals surface area (Å²) in [5, 5.41) is 14.8. The van der Waals surface area contributed by atoms with Crippen LogP contribution in [0, 0.1) is 0 Å². The van der Waals surface area contributed by atoms with Crippen LogP contribution in [0.2, 0.25) is 0 Å². The number of benzene rings is 16. The van der Waals surface area contributed by atoms with Crippen LogP contribution in [0.5, 0.6) is 0 Å². The molecule has 0 aliphatic carbocycles. The summed E-state index contributed by atoms with van der Waals surface area (Å²) in [4.78, 5) is 9.63. The van der Waals surface area contributed by atoms with E-state index in [1.165, 1.54) is 75.8 Å². The highest BCUT2D eigenvalue weighted by Gasteiger charge is 2.28. The quantitative estimate of drug-likeness (QED) is 0.101. The minimum Gasteiger partial charge on any atom is -0.310 e. The number of hydrogen-bond acceptors (Lipinski definition) is 4. The van der Waals surface area contributed by atoms with E-state index < -0.39 is 0 Å². The Kier molecular flexibility index (Phi) is 12.5. The van der Waals surface area contributed by atoms with Crippen molar-refractivity contribution in [3.05, 3.63) is 339 Å². The fraction of sp³-hybridized carbons (Fsp3) is 0.0361. The van der Waals surface area contributed by atoms with Crippen LogP contribution in [0.3, 0.4) is 0 Å². The van der Waals surface area contributed by atoms with Gasteiger partial charge in [0.05, 0.1) is 22.7 Å². The molecule has 0 saturated heterocycles. The van der Waals surface area contributed by atoms with Crippen molar-refractivity contribution in [1.29, 1.82) is 0 Å². The lowest BCUT2D eigenvalue weighted by atomic mass is 9.78. The van der Waals surface area contributed by atoms with Crippen LogP contribution in [0.25, 0.3) is 64.6 Å². The van der Waals surface area contributed by atoms with Crippen molar-refractivity contribution < 1.29 is 0 Å². The summed E-state index contributed by atoms with van der Waals surface area (Å²) in [6.07, 6.45) is 0. The number of nitrogens with zero attached hydrogens (tertiary/aromatic N) is 4. The lowest BCUT2D eigenvalue weighted by Gasteiger charge is -2.31. The Hall–Kier alpha value is -11.2. The van der Waals surface area contributed by atoms with E-state index >= 15 is 0 Å². The third kappa shape index (κ3) is 8.75. The van der Waals surface area contributed by atoms with Gasteiger partial charge >= 0.3 is 0 Å². The van der Waals surface area contributed by atoms with Crippen molar-refractivity contribution in [2.75, 3.05) is 19.6 Å². The number of anilines is 12. The standard InChI is InChI=1S/C83H60N4/c1-83(2,61-41-45-69(46-42-61)86(67-29-17-7-18-30-67)77-55-39-59-33-49-71-75(53-37-57-35-51-73(77)81(59)79(57)71)84(63-21-9-3-10-22-63)64-23-11-4-12-24-64)62-43-47-70(48-44-62)87(68-31-19-8-20-32-68)78-56-40-60-34-50-72-76(54-38-58-36-52-74(78)82(60)80(58)72)85(65-25-13-5-14-26-65)66-27-15-6-16-28-66/h3-56H,1-2H3. The molecule has 0 aliphatic rings. The molecule has 4 nitrogen and oxygen atoms in total. The summed E-state index contributed by atoms with van der Waals surface area (Å²) in [5.41, 5.74) is 15.6. The molecule has 0 aromatic heterocycles. The molecule has 0 saturated carbocycles. The average molecular weight is 1110 g/mol. The second kappa shape index (κ2) is 21.1. The smallest absolute Gasteiger partial charge is 0.0540 e. The van der Waals surface area contributed by atoms with Crippen LogP contribution in [0.15, 0.2) is 328 Å². The average Bonchev–Trinajstić information content (AvgIpc) is 1.43. The minimum atomic E-state index is -0.317. The molecule has 0 heterocycles. The van der Waals surface area contributed by atoms with E-state index in [4.69, 9.17) is 0 Å². The summed E-state index contributed by atoms with van der Waals surface area (Å²) < 4.78 is 0. The highest BCUT2D eigenvalue weighted by molar-refractivity contribution is 6.29. The van der Waals surface area contributed by atoms with Gasteiger partial charge < -0.3 is 19.6 Å². The summed E-state index contributed by atoms with van der Waals surface area (Å²) in [7, 11) is 0. The zero-order valence-electron chi connectivity index (χ0n) is 48.5. The second-order valence-corrected chi connectivity index (χ2v) is 23.3. The SMILES string of the molecule is CC(C)(c1ccc(N(c2ccccc2)c2ccc3ccc4c(N(c5ccccc5)c5ccccc5)ccc5ccc2c3c54)cc1)c1ccc(N(c2ccccc2)c2ccc3ccc4c(N(c5ccccc5)c5ccccc5)ccc5ccc2c3c54)cc1. The molecule has 0 aliphatic heterocycles. The molecule has 0 unspecified atom stereocenters. The van der Waals surface area contributed by atoms with Crippen LogP contribution in [0.4, 0.5) is 68.2 Å². The first-order valence-electron chi connectivity index (χ1n) is 30.1. The van der Waals surface area contributed by atoms with Gasteiger partial charge in [-0.05, 0) is 176 Å². The zero-order chi connectivity index (χ0) is 58.0. The van der Waals surface area contributed by atoms with Crippen molar-refractivity contribution in [1.82, 2.24) is 0 Å². The van der Waals surface area contributed by atoms with Crippen molar-refractivity contribution in [2.24, 2.45) is 0 Å². The Morgan fingerprint density at radius 3 is 0.575 bits per heavy atom. The Labute approximate surface area is 507 Å². The Bertz CT molecular complexity index is 4690. The molecular formula is C83H60N4. The van der Waals surface area contributed by atoms with E-state index in [9.17, 15) is 0 Å². The van der Waals surface area contributed by atoms with E-state index in [1.807, 2.05) is 0 Å². The second-order valence-electron chi connectivity index (χ2n) is 23.3. The summed E-state index contributed by atoms with van der Waals surface area (Å²) in [5.74, 6) is 0. The monoisotopic (exact) mass is 1110 g/mol. The maximum Gasteiger partial charge on any atom is 0.0540 e. The van der Waals surface area contributed by atoms with Crippen LogP contribution in [-0.4, -0.2) is 0 Å². The normalized spacial score (nSPS) is 11.8. The van der Waals surface area contributed by atoms with E-state index in [2.05, 4.69) is 361 Å². The molecule has 0 radical (unpaired) electrons. The number of para-hydroxylation sites is 6. The number of rotatable bonds is 14. The van der Waals surface area contributed by atoms with Crippen LogP contribution >= 0.6 is 0 Å². The van der Waals surface area contributed by atoms with Gasteiger partial charge in [-0.3, -0.25) is 0 Å².